The third kappa shape index (κ3) is 3.37. The van der Waals surface area contributed by atoms with Gasteiger partial charge in [0.1, 0.15) is 5.01 Å². The van der Waals surface area contributed by atoms with Gasteiger partial charge in [-0.15, -0.1) is 10.2 Å². The number of hydrogen-bond acceptors (Lipinski definition) is 6. The molecule has 0 aliphatic heterocycles. The van der Waals surface area contributed by atoms with Crippen LogP contribution in [0.1, 0.15) is 24.4 Å². The van der Waals surface area contributed by atoms with Gasteiger partial charge in [0, 0.05) is 18.7 Å². The fourth-order valence-corrected chi connectivity index (χ4v) is 2.52. The van der Waals surface area contributed by atoms with Crippen molar-refractivity contribution in [1.29, 1.82) is 0 Å². The Morgan fingerprint density at radius 1 is 1.40 bits per heavy atom. The third-order valence-electron chi connectivity index (χ3n) is 2.71. The maximum absolute atomic E-state index is 11.1. The van der Waals surface area contributed by atoms with E-state index in [0.29, 0.717) is 23.2 Å². The maximum Gasteiger partial charge on any atom is 0.279 e. The van der Waals surface area contributed by atoms with Crippen molar-refractivity contribution in [3.8, 4) is 10.6 Å². The molecule has 0 amide bonds. The van der Waals surface area contributed by atoms with Gasteiger partial charge >= 0.3 is 0 Å². The van der Waals surface area contributed by atoms with Crippen LogP contribution in [-0.2, 0) is 6.54 Å². The van der Waals surface area contributed by atoms with Gasteiger partial charge in [0.05, 0.1) is 10.5 Å². The van der Waals surface area contributed by atoms with Crippen LogP contribution < -0.4 is 5.32 Å². The molecule has 20 heavy (non-hydrogen) atoms. The summed E-state index contributed by atoms with van der Waals surface area (Å²) in [6.45, 7) is 6.62. The summed E-state index contributed by atoms with van der Waals surface area (Å²) in [6, 6.07) is 5.37. The monoisotopic (exact) mass is 292 g/mol. The van der Waals surface area contributed by atoms with Crippen LogP contribution in [0.2, 0.25) is 0 Å². The summed E-state index contributed by atoms with van der Waals surface area (Å²) in [6.07, 6.45) is 0. The topological polar surface area (TPSA) is 81.0 Å². The molecule has 1 N–H and O–H groups in total. The first-order chi connectivity index (χ1) is 9.47. The molecule has 0 unspecified atom stereocenters. The minimum Gasteiger partial charge on any atom is -0.308 e. The number of benzene rings is 1. The lowest BCUT2D eigenvalue weighted by Gasteiger charge is -2.03. The van der Waals surface area contributed by atoms with Gasteiger partial charge in [-0.2, -0.15) is 0 Å². The normalized spacial score (nSPS) is 11.0. The Hall–Kier alpha value is -1.86. The second kappa shape index (κ2) is 6.06. The van der Waals surface area contributed by atoms with E-state index in [1.165, 1.54) is 17.4 Å². The quantitative estimate of drug-likeness (QED) is 0.677. The van der Waals surface area contributed by atoms with E-state index in [4.69, 9.17) is 0 Å². The van der Waals surface area contributed by atoms with E-state index in [1.54, 1.807) is 12.1 Å². The van der Waals surface area contributed by atoms with Gasteiger partial charge in [-0.25, -0.2) is 0 Å². The molecule has 1 heterocycles. The van der Waals surface area contributed by atoms with Crippen LogP contribution in [-0.4, -0.2) is 21.2 Å². The van der Waals surface area contributed by atoms with Gasteiger partial charge in [0.25, 0.3) is 5.69 Å². The molecule has 0 aliphatic carbocycles. The van der Waals surface area contributed by atoms with Crippen molar-refractivity contribution in [3.05, 3.63) is 38.9 Å². The van der Waals surface area contributed by atoms with Gasteiger partial charge < -0.3 is 5.32 Å². The zero-order chi connectivity index (χ0) is 14.7. The molecular formula is C13H16N4O2S. The molecule has 106 valence electrons. The molecule has 0 radical (unpaired) electrons. The van der Waals surface area contributed by atoms with Crippen LogP contribution >= 0.6 is 11.3 Å². The number of aryl methyl sites for hydroxylation is 1. The van der Waals surface area contributed by atoms with Crippen LogP contribution in [0.25, 0.3) is 10.6 Å². The van der Waals surface area contributed by atoms with Crippen molar-refractivity contribution < 1.29 is 4.92 Å². The average Bonchev–Trinajstić information content (AvgIpc) is 2.84. The minimum absolute atomic E-state index is 0.0649. The van der Waals surface area contributed by atoms with Crippen molar-refractivity contribution in [3.63, 3.8) is 0 Å². The molecule has 1 aromatic carbocycles. The maximum atomic E-state index is 11.1. The van der Waals surface area contributed by atoms with Crippen LogP contribution in [0.4, 0.5) is 5.69 Å². The predicted molar refractivity (Wildman–Crippen MR) is 78.7 cm³/mol. The predicted octanol–water partition coefficient (Wildman–Crippen LogP) is 2.92. The molecule has 2 rings (SSSR count). The van der Waals surface area contributed by atoms with Gasteiger partial charge in [-0.05, 0) is 18.6 Å². The molecule has 0 aliphatic rings. The molecule has 0 bridgehead atoms. The van der Waals surface area contributed by atoms with E-state index in [0.717, 1.165) is 10.6 Å². The van der Waals surface area contributed by atoms with E-state index in [9.17, 15) is 10.1 Å². The summed E-state index contributed by atoms with van der Waals surface area (Å²) in [5.41, 5.74) is 1.56. The van der Waals surface area contributed by atoms with Crippen molar-refractivity contribution in [2.45, 2.75) is 33.4 Å². The van der Waals surface area contributed by atoms with Crippen molar-refractivity contribution >= 4 is 17.0 Å². The standard InChI is InChI=1S/C13H16N4O2S/c1-8(2)14-7-12-15-16-13(20-12)10-6-9(3)4-5-11(10)17(18)19/h4-6,8,14H,7H2,1-3H3. The highest BCUT2D eigenvalue weighted by Crippen LogP contribution is 2.32. The van der Waals surface area contributed by atoms with Crippen LogP contribution in [0.5, 0.6) is 0 Å². The lowest BCUT2D eigenvalue weighted by molar-refractivity contribution is -0.384. The Labute approximate surface area is 121 Å². The summed E-state index contributed by atoms with van der Waals surface area (Å²) >= 11 is 1.38. The van der Waals surface area contributed by atoms with Crippen molar-refractivity contribution in [1.82, 2.24) is 15.5 Å². The molecule has 7 heteroatoms. The Morgan fingerprint density at radius 2 is 2.15 bits per heavy atom. The number of rotatable bonds is 5. The van der Waals surface area contributed by atoms with Crippen LogP contribution in [0, 0.1) is 17.0 Å². The first-order valence-electron chi connectivity index (χ1n) is 6.28. The van der Waals surface area contributed by atoms with Crippen molar-refractivity contribution in [2.24, 2.45) is 0 Å². The molecule has 6 nitrogen and oxygen atoms in total. The Morgan fingerprint density at radius 3 is 2.80 bits per heavy atom. The van der Waals surface area contributed by atoms with E-state index < -0.39 is 0 Å². The molecular weight excluding hydrogens is 276 g/mol. The van der Waals surface area contributed by atoms with E-state index >= 15 is 0 Å². The Bertz CT molecular complexity index is 625. The van der Waals surface area contributed by atoms with E-state index in [-0.39, 0.29) is 10.6 Å². The van der Waals surface area contributed by atoms with Gasteiger partial charge in [-0.1, -0.05) is 31.3 Å². The molecule has 0 atom stereocenters. The first kappa shape index (κ1) is 14.5. The fourth-order valence-electron chi connectivity index (χ4n) is 1.71. The number of aromatic nitrogens is 2. The zero-order valence-electron chi connectivity index (χ0n) is 11.6. The smallest absolute Gasteiger partial charge is 0.279 e. The number of nitrogens with zero attached hydrogens (tertiary/aromatic N) is 3. The van der Waals surface area contributed by atoms with E-state index in [2.05, 4.69) is 15.5 Å². The van der Waals surface area contributed by atoms with E-state index in [1.807, 2.05) is 20.8 Å². The highest BCUT2D eigenvalue weighted by Gasteiger charge is 2.18. The highest BCUT2D eigenvalue weighted by atomic mass is 32.1. The number of nitro groups is 1. The second-order valence-corrected chi connectivity index (χ2v) is 5.88. The average molecular weight is 292 g/mol. The largest absolute Gasteiger partial charge is 0.308 e. The lowest BCUT2D eigenvalue weighted by Crippen LogP contribution is -2.21. The first-order valence-corrected chi connectivity index (χ1v) is 7.10. The Kier molecular flexibility index (Phi) is 4.41. The molecule has 0 saturated carbocycles. The molecule has 2 aromatic rings. The summed E-state index contributed by atoms with van der Waals surface area (Å²) in [7, 11) is 0. The fraction of sp³-hybridized carbons (Fsp3) is 0.385. The van der Waals surface area contributed by atoms with Gasteiger partial charge in [-0.3, -0.25) is 10.1 Å². The summed E-state index contributed by atoms with van der Waals surface area (Å²) in [5.74, 6) is 0. The third-order valence-corrected chi connectivity index (χ3v) is 3.66. The summed E-state index contributed by atoms with van der Waals surface area (Å²) in [5, 5.41) is 23.9. The highest BCUT2D eigenvalue weighted by molar-refractivity contribution is 7.14. The number of hydrogen-bond donors (Lipinski definition) is 1. The van der Waals surface area contributed by atoms with Crippen molar-refractivity contribution in [2.75, 3.05) is 0 Å². The molecule has 0 fully saturated rings. The van der Waals surface area contributed by atoms with Crippen LogP contribution in [0.3, 0.4) is 0 Å². The minimum atomic E-state index is -0.387. The van der Waals surface area contributed by atoms with Crippen LogP contribution in [0.15, 0.2) is 18.2 Å². The second-order valence-electron chi connectivity index (χ2n) is 4.81. The molecule has 0 spiro atoms. The molecule has 0 saturated heterocycles. The lowest BCUT2D eigenvalue weighted by atomic mass is 10.1. The van der Waals surface area contributed by atoms with Gasteiger partial charge in [0.15, 0.2) is 5.01 Å². The molecule has 1 aromatic heterocycles. The summed E-state index contributed by atoms with van der Waals surface area (Å²) < 4.78 is 0. The number of nitro benzene ring substituents is 1. The zero-order valence-corrected chi connectivity index (χ0v) is 12.4. The summed E-state index contributed by atoms with van der Waals surface area (Å²) in [4.78, 5) is 10.7. The number of nitrogens with one attached hydrogen (secondary N) is 1. The SMILES string of the molecule is Cc1ccc([N+](=O)[O-])c(-c2nnc(CNC(C)C)s2)c1. The van der Waals surface area contributed by atoms with Gasteiger partial charge in [0.2, 0.25) is 0 Å². The Balaban J connectivity index is 2.32.